The van der Waals surface area contributed by atoms with Crippen molar-refractivity contribution in [1.29, 1.82) is 0 Å². The van der Waals surface area contributed by atoms with E-state index in [-0.39, 0.29) is 42.2 Å². The highest BCUT2D eigenvalue weighted by atomic mass is 32.2. The van der Waals surface area contributed by atoms with Crippen LogP contribution in [0.2, 0.25) is 0 Å². The van der Waals surface area contributed by atoms with Crippen LogP contribution in [0.3, 0.4) is 0 Å². The zero-order valence-corrected chi connectivity index (χ0v) is 24.8. The Bertz CT molecular complexity index is 1310. The Morgan fingerprint density at radius 2 is 1.42 bits per heavy atom. The molecule has 0 spiro atoms. The Hall–Kier alpha value is -2.92. The van der Waals surface area contributed by atoms with E-state index in [0.717, 1.165) is 10.4 Å². The molecule has 0 amide bonds. The number of carboxylic acid groups (broad SMARTS) is 1. The summed E-state index contributed by atoms with van der Waals surface area (Å²) in [7, 11) is 0. The van der Waals surface area contributed by atoms with E-state index in [1.807, 2.05) is 0 Å². The van der Waals surface area contributed by atoms with Gasteiger partial charge in [-0.05, 0) is 80.7 Å². The molecule has 3 rings (SSSR count). The molecule has 2 aromatic rings. The van der Waals surface area contributed by atoms with Crippen molar-refractivity contribution >= 4 is 23.1 Å². The highest BCUT2D eigenvalue weighted by molar-refractivity contribution is 7.76. The molecule has 17 heteroatoms. The van der Waals surface area contributed by atoms with Gasteiger partial charge in [-0.1, -0.05) is 0 Å². The molecule has 45 heavy (non-hydrogen) atoms. The number of anilines is 1. The minimum absolute atomic E-state index is 0.0192. The second-order valence-electron chi connectivity index (χ2n) is 11.0. The number of pyridine rings is 1. The number of rotatable bonds is 12. The third-order valence-corrected chi connectivity index (χ3v) is 8.48. The summed E-state index contributed by atoms with van der Waals surface area (Å²) in [5.74, 6) is -0.733. The van der Waals surface area contributed by atoms with Gasteiger partial charge in [0.2, 0.25) is 11.3 Å². The molecule has 2 N–H and O–H groups in total. The fraction of sp³-hybridized carbons (Fsp3) is 0.571. The number of alkyl halides is 9. The van der Waals surface area contributed by atoms with E-state index in [1.165, 1.54) is 0 Å². The molecule has 0 saturated heterocycles. The van der Waals surface area contributed by atoms with Gasteiger partial charge in [-0.2, -0.15) is 43.8 Å². The Balaban J connectivity index is 1.88. The van der Waals surface area contributed by atoms with Crippen LogP contribution in [-0.2, 0) is 47.6 Å². The molecule has 1 aromatic carbocycles. The Labute approximate surface area is 255 Å². The number of hydrogen-bond acceptors (Lipinski definition) is 4. The first-order chi connectivity index (χ1) is 20.8. The molecule has 1 aliphatic carbocycles. The fourth-order valence-electron chi connectivity index (χ4n) is 5.42. The average molecular weight is 678 g/mol. The Morgan fingerprint density at radius 3 is 1.89 bits per heavy atom. The molecule has 7 nitrogen and oxygen atoms in total. The minimum Gasteiger partial charge on any atom is -0.481 e. The van der Waals surface area contributed by atoms with Gasteiger partial charge in [0.25, 0.3) is 0 Å². The lowest BCUT2D eigenvalue weighted by Crippen LogP contribution is -2.34. The van der Waals surface area contributed by atoms with E-state index in [4.69, 9.17) is 5.11 Å². The van der Waals surface area contributed by atoms with Crippen molar-refractivity contribution in [2.24, 2.45) is 11.8 Å². The van der Waals surface area contributed by atoms with E-state index >= 15 is 0 Å². The molecular weight excluding hydrogens is 645 g/mol. The molecule has 1 heterocycles. The smallest absolute Gasteiger partial charge is 0.417 e. The lowest BCUT2D eigenvalue weighted by atomic mass is 9.80. The predicted molar refractivity (Wildman–Crippen MR) is 146 cm³/mol. The first-order valence-electron chi connectivity index (χ1n) is 13.9. The summed E-state index contributed by atoms with van der Waals surface area (Å²) in [6, 6.07) is 1.66. The van der Waals surface area contributed by atoms with Crippen molar-refractivity contribution in [3.8, 4) is 0 Å². The van der Waals surface area contributed by atoms with Crippen LogP contribution in [0.4, 0.5) is 45.3 Å². The summed E-state index contributed by atoms with van der Waals surface area (Å²) in [6.07, 6.45) is -12.3. The zero-order valence-electron chi connectivity index (χ0n) is 24.0. The topological polar surface area (TPSA) is 94.0 Å². The second kappa shape index (κ2) is 14.7. The van der Waals surface area contributed by atoms with E-state index in [9.17, 15) is 53.1 Å². The molecule has 1 aromatic heterocycles. The third-order valence-electron chi connectivity index (χ3n) is 7.72. The zero-order chi connectivity index (χ0) is 33.7. The first kappa shape index (κ1) is 36.5. The standard InChI is InChI=1S/C28H32F9N3O4S/c1-2-39(15-18-5-3-17(4-6-18)11-24(41)42)25-20(12-23(14-38-25)28(35,36)37)16-40(45(43)44)8-7-19-9-21(26(29,30)31)13-22(10-19)27(32,33)34/h9-10,12-14,17-18H,2-8,11,15-16H2,1H3,(H,41,42)(H,43,44). The van der Waals surface area contributed by atoms with Crippen LogP contribution in [-0.4, -0.2) is 48.8 Å². The van der Waals surface area contributed by atoms with E-state index in [0.29, 0.717) is 50.6 Å². The summed E-state index contributed by atoms with van der Waals surface area (Å²) in [4.78, 5) is 16.7. The summed E-state index contributed by atoms with van der Waals surface area (Å²) >= 11 is -2.88. The molecule has 0 aliphatic heterocycles. The van der Waals surface area contributed by atoms with Crippen LogP contribution in [0, 0.1) is 11.8 Å². The van der Waals surface area contributed by atoms with Gasteiger partial charge in [0.1, 0.15) is 5.82 Å². The van der Waals surface area contributed by atoms with Gasteiger partial charge in [-0.15, -0.1) is 0 Å². The summed E-state index contributed by atoms with van der Waals surface area (Å²) in [5, 5.41) is 9.05. The van der Waals surface area contributed by atoms with Gasteiger partial charge in [-0.3, -0.25) is 9.35 Å². The van der Waals surface area contributed by atoms with Gasteiger partial charge in [0, 0.05) is 44.4 Å². The molecule has 1 fully saturated rings. The highest BCUT2D eigenvalue weighted by Gasteiger charge is 2.37. The molecular formula is C28H32F9N3O4S. The number of aliphatic carboxylic acids is 1. The van der Waals surface area contributed by atoms with Gasteiger partial charge in [0.15, 0.2) is 0 Å². The van der Waals surface area contributed by atoms with Crippen molar-refractivity contribution in [2.45, 2.75) is 70.5 Å². The number of carboxylic acids is 1. The number of nitrogens with zero attached hydrogens (tertiary/aromatic N) is 3. The number of hydrogen-bond donors (Lipinski definition) is 2. The largest absolute Gasteiger partial charge is 0.481 e. The molecule has 1 saturated carbocycles. The Kier molecular flexibility index (Phi) is 11.9. The number of benzene rings is 1. The lowest BCUT2D eigenvalue weighted by Gasteiger charge is -2.34. The highest BCUT2D eigenvalue weighted by Crippen LogP contribution is 2.37. The SMILES string of the molecule is CCN(CC1CCC(CC(=O)O)CC1)c1ncc(C(F)(F)F)cc1CN(CCc1cc(C(F)(F)F)cc(C(F)(F)F)c1)S(=O)O. The van der Waals surface area contributed by atoms with Crippen molar-refractivity contribution in [2.75, 3.05) is 24.5 Å². The van der Waals surface area contributed by atoms with Crippen molar-refractivity contribution < 1.29 is 58.2 Å². The number of halogens is 9. The fourth-order valence-corrected chi connectivity index (χ4v) is 5.92. The minimum atomic E-state index is -5.10. The van der Waals surface area contributed by atoms with Crippen LogP contribution in [0.25, 0.3) is 0 Å². The quantitative estimate of drug-likeness (QED) is 0.179. The van der Waals surface area contributed by atoms with E-state index < -0.39 is 77.5 Å². The maximum atomic E-state index is 13.6. The van der Waals surface area contributed by atoms with Gasteiger partial charge < -0.3 is 10.0 Å². The van der Waals surface area contributed by atoms with Crippen molar-refractivity contribution in [3.05, 3.63) is 58.3 Å². The summed E-state index contributed by atoms with van der Waals surface area (Å²) < 4.78 is 143. The van der Waals surface area contributed by atoms with Crippen molar-refractivity contribution in [1.82, 2.24) is 9.29 Å². The summed E-state index contributed by atoms with van der Waals surface area (Å²) in [6.45, 7) is 1.17. The first-order valence-corrected chi connectivity index (χ1v) is 15.0. The monoisotopic (exact) mass is 677 g/mol. The van der Waals surface area contributed by atoms with E-state index in [2.05, 4.69) is 4.98 Å². The molecule has 252 valence electrons. The van der Waals surface area contributed by atoms with Gasteiger partial charge >= 0.3 is 24.5 Å². The number of carbonyl (C=O) groups is 1. The normalized spacial score (nSPS) is 18.7. The van der Waals surface area contributed by atoms with Gasteiger partial charge in [-0.25, -0.2) is 9.19 Å². The molecule has 0 radical (unpaired) electrons. The van der Waals surface area contributed by atoms with Crippen LogP contribution >= 0.6 is 0 Å². The van der Waals surface area contributed by atoms with Gasteiger partial charge in [0.05, 0.1) is 16.7 Å². The Morgan fingerprint density at radius 1 is 0.889 bits per heavy atom. The van der Waals surface area contributed by atoms with Crippen LogP contribution < -0.4 is 4.90 Å². The molecule has 1 atom stereocenters. The maximum absolute atomic E-state index is 13.6. The number of aromatic nitrogens is 1. The van der Waals surface area contributed by atoms with Crippen LogP contribution in [0.1, 0.15) is 66.8 Å². The van der Waals surface area contributed by atoms with Crippen LogP contribution in [0.15, 0.2) is 30.5 Å². The lowest BCUT2D eigenvalue weighted by molar-refractivity contribution is -0.143. The van der Waals surface area contributed by atoms with Crippen molar-refractivity contribution in [3.63, 3.8) is 0 Å². The second-order valence-corrected chi connectivity index (χ2v) is 12.0. The van der Waals surface area contributed by atoms with E-state index in [1.54, 1.807) is 11.8 Å². The maximum Gasteiger partial charge on any atom is 0.417 e. The average Bonchev–Trinajstić information content (AvgIpc) is 2.93. The predicted octanol–water partition coefficient (Wildman–Crippen LogP) is 7.43. The molecule has 1 unspecified atom stereocenters. The third kappa shape index (κ3) is 10.6. The molecule has 1 aliphatic rings. The summed E-state index contributed by atoms with van der Waals surface area (Å²) in [5.41, 5.74) is -4.84. The molecule has 0 bridgehead atoms. The van der Waals surface area contributed by atoms with Crippen LogP contribution in [0.5, 0.6) is 0 Å².